The highest BCUT2D eigenvalue weighted by molar-refractivity contribution is 9.11. The van der Waals surface area contributed by atoms with Crippen LogP contribution in [0.15, 0.2) is 57.6 Å². The molecule has 0 fully saturated rings. The number of rotatable bonds is 2. The van der Waals surface area contributed by atoms with Crippen LogP contribution in [0.1, 0.15) is 10.5 Å². The molecule has 0 aliphatic rings. The predicted octanol–water partition coefficient (Wildman–Crippen LogP) is 4.41. The molecule has 0 aliphatic carbocycles. The summed E-state index contributed by atoms with van der Waals surface area (Å²) in [6.45, 7) is 0. The zero-order valence-electron chi connectivity index (χ0n) is 10.7. The Morgan fingerprint density at radius 2 is 1.81 bits per heavy atom. The van der Waals surface area contributed by atoms with Crippen LogP contribution in [0.25, 0.3) is 11.0 Å². The zero-order chi connectivity index (χ0) is 14.8. The number of anilines is 1. The molecule has 6 heteroatoms. The van der Waals surface area contributed by atoms with Gasteiger partial charge in [-0.05, 0) is 46.3 Å². The highest BCUT2D eigenvalue weighted by atomic mass is 79.9. The second kappa shape index (κ2) is 5.91. The number of carbonyl (C=O) groups is 1. The fourth-order valence-electron chi connectivity index (χ4n) is 1.85. The van der Waals surface area contributed by atoms with Crippen LogP contribution in [0.3, 0.4) is 0 Å². The second-order valence-electron chi connectivity index (χ2n) is 4.32. The van der Waals surface area contributed by atoms with Crippen LogP contribution in [0.4, 0.5) is 5.69 Å². The number of hydrogen-bond acceptors (Lipinski definition) is 3. The quantitative estimate of drug-likeness (QED) is 0.685. The van der Waals surface area contributed by atoms with Gasteiger partial charge in [-0.3, -0.25) is 9.78 Å². The number of halogens is 2. The van der Waals surface area contributed by atoms with Crippen LogP contribution in [-0.2, 0) is 0 Å². The molecule has 0 aliphatic heterocycles. The van der Waals surface area contributed by atoms with Gasteiger partial charge in [0.05, 0.1) is 22.9 Å². The lowest BCUT2D eigenvalue weighted by Gasteiger charge is -2.07. The summed E-state index contributed by atoms with van der Waals surface area (Å²) in [4.78, 5) is 20.8. The summed E-state index contributed by atoms with van der Waals surface area (Å²) >= 11 is 6.77. The molecular weight excluding hydrogens is 398 g/mol. The number of aromatic nitrogens is 2. The summed E-state index contributed by atoms with van der Waals surface area (Å²) in [5, 5.41) is 2.81. The van der Waals surface area contributed by atoms with Gasteiger partial charge in [-0.2, -0.15) is 0 Å². The molecular formula is C15H9Br2N3O. The smallest absolute Gasteiger partial charge is 0.275 e. The maximum atomic E-state index is 12.3. The van der Waals surface area contributed by atoms with Gasteiger partial charge in [0, 0.05) is 8.95 Å². The van der Waals surface area contributed by atoms with Crippen molar-refractivity contribution >= 4 is 54.5 Å². The summed E-state index contributed by atoms with van der Waals surface area (Å²) in [5.41, 5.74) is 2.40. The number of para-hydroxylation sites is 2. The van der Waals surface area contributed by atoms with Crippen molar-refractivity contribution < 1.29 is 4.79 Å². The molecule has 0 unspecified atom stereocenters. The lowest BCUT2D eigenvalue weighted by molar-refractivity contribution is 0.102. The molecule has 0 atom stereocenters. The Kier molecular flexibility index (Phi) is 3.98. The van der Waals surface area contributed by atoms with Crippen molar-refractivity contribution in [3.05, 3.63) is 63.3 Å². The van der Waals surface area contributed by atoms with Crippen LogP contribution < -0.4 is 5.32 Å². The highest BCUT2D eigenvalue weighted by Crippen LogP contribution is 2.26. The van der Waals surface area contributed by atoms with Crippen LogP contribution >= 0.6 is 31.9 Å². The van der Waals surface area contributed by atoms with E-state index in [1.54, 1.807) is 0 Å². The van der Waals surface area contributed by atoms with Crippen LogP contribution in [0.2, 0.25) is 0 Å². The number of carbonyl (C=O) groups excluding carboxylic acids is 1. The van der Waals surface area contributed by atoms with Crippen LogP contribution in [-0.4, -0.2) is 15.9 Å². The SMILES string of the molecule is O=C(Nc1cc(Br)ccc1Br)c1cnc2ccccc2n1. The number of hydrogen-bond donors (Lipinski definition) is 1. The van der Waals surface area contributed by atoms with E-state index in [9.17, 15) is 4.79 Å². The summed E-state index contributed by atoms with van der Waals surface area (Å²) < 4.78 is 1.68. The van der Waals surface area contributed by atoms with Gasteiger partial charge in [-0.1, -0.05) is 28.1 Å². The Bertz CT molecular complexity index is 836. The maximum Gasteiger partial charge on any atom is 0.275 e. The highest BCUT2D eigenvalue weighted by Gasteiger charge is 2.11. The topological polar surface area (TPSA) is 54.9 Å². The molecule has 3 aromatic rings. The largest absolute Gasteiger partial charge is 0.320 e. The van der Waals surface area contributed by atoms with Crippen molar-refractivity contribution in [2.75, 3.05) is 5.32 Å². The first kappa shape index (κ1) is 14.2. The Balaban J connectivity index is 1.91. The minimum absolute atomic E-state index is 0.278. The monoisotopic (exact) mass is 405 g/mol. The third-order valence-corrected chi connectivity index (χ3v) is 4.04. The standard InChI is InChI=1S/C15H9Br2N3O/c16-9-5-6-10(17)13(7-9)20-15(21)14-8-18-11-3-1-2-4-12(11)19-14/h1-8H,(H,20,21). The molecule has 21 heavy (non-hydrogen) atoms. The van der Waals surface area contributed by atoms with E-state index in [0.29, 0.717) is 11.2 Å². The van der Waals surface area contributed by atoms with Crippen LogP contribution in [0, 0.1) is 0 Å². The van der Waals surface area contributed by atoms with Gasteiger partial charge in [0.1, 0.15) is 5.69 Å². The number of fused-ring (bicyclic) bond motifs is 1. The summed E-state index contributed by atoms with van der Waals surface area (Å²) in [7, 11) is 0. The lowest BCUT2D eigenvalue weighted by Crippen LogP contribution is -2.14. The first-order chi connectivity index (χ1) is 10.1. The molecule has 3 rings (SSSR count). The molecule has 4 nitrogen and oxygen atoms in total. The van der Waals surface area contributed by atoms with E-state index < -0.39 is 0 Å². The number of benzene rings is 2. The molecule has 0 saturated heterocycles. The fraction of sp³-hybridized carbons (Fsp3) is 0. The van der Waals surface area contributed by atoms with E-state index in [4.69, 9.17) is 0 Å². The minimum Gasteiger partial charge on any atom is -0.320 e. The summed E-state index contributed by atoms with van der Waals surface area (Å²) in [6, 6.07) is 13.0. The maximum absolute atomic E-state index is 12.3. The molecule has 1 aromatic heterocycles. The second-order valence-corrected chi connectivity index (χ2v) is 6.09. The molecule has 0 saturated carbocycles. The van der Waals surface area contributed by atoms with Crippen molar-refractivity contribution in [2.24, 2.45) is 0 Å². The average Bonchev–Trinajstić information content (AvgIpc) is 2.50. The van der Waals surface area contributed by atoms with Gasteiger partial charge >= 0.3 is 0 Å². The molecule has 104 valence electrons. The van der Waals surface area contributed by atoms with Crippen molar-refractivity contribution in [3.63, 3.8) is 0 Å². The Morgan fingerprint density at radius 3 is 2.62 bits per heavy atom. The van der Waals surface area contributed by atoms with Crippen molar-refractivity contribution in [3.8, 4) is 0 Å². The molecule has 0 radical (unpaired) electrons. The lowest BCUT2D eigenvalue weighted by atomic mass is 10.3. The number of nitrogens with one attached hydrogen (secondary N) is 1. The number of nitrogens with zero attached hydrogens (tertiary/aromatic N) is 2. The summed E-state index contributed by atoms with van der Waals surface area (Å²) in [6.07, 6.45) is 1.48. The first-order valence-corrected chi connectivity index (χ1v) is 7.70. The third kappa shape index (κ3) is 3.11. The van der Waals surface area contributed by atoms with Gasteiger partial charge in [0.15, 0.2) is 0 Å². The molecule has 1 N–H and O–H groups in total. The van der Waals surface area contributed by atoms with E-state index in [-0.39, 0.29) is 11.6 Å². The Morgan fingerprint density at radius 1 is 1.05 bits per heavy atom. The third-order valence-electron chi connectivity index (χ3n) is 2.86. The van der Waals surface area contributed by atoms with Gasteiger partial charge < -0.3 is 5.32 Å². The first-order valence-electron chi connectivity index (χ1n) is 6.12. The van der Waals surface area contributed by atoms with E-state index >= 15 is 0 Å². The summed E-state index contributed by atoms with van der Waals surface area (Å²) in [5.74, 6) is -0.299. The van der Waals surface area contributed by atoms with E-state index in [1.807, 2.05) is 42.5 Å². The van der Waals surface area contributed by atoms with Gasteiger partial charge in [0.2, 0.25) is 0 Å². The Hall–Kier alpha value is -1.79. The number of amides is 1. The van der Waals surface area contributed by atoms with E-state index in [2.05, 4.69) is 47.1 Å². The molecule has 0 bridgehead atoms. The Labute approximate surface area is 137 Å². The van der Waals surface area contributed by atoms with E-state index in [0.717, 1.165) is 14.5 Å². The molecule has 1 heterocycles. The van der Waals surface area contributed by atoms with Crippen LogP contribution in [0.5, 0.6) is 0 Å². The zero-order valence-corrected chi connectivity index (χ0v) is 13.8. The fourth-order valence-corrected chi connectivity index (χ4v) is 2.55. The van der Waals surface area contributed by atoms with Crippen molar-refractivity contribution in [1.82, 2.24) is 9.97 Å². The molecule has 1 amide bonds. The van der Waals surface area contributed by atoms with E-state index in [1.165, 1.54) is 6.20 Å². The van der Waals surface area contributed by atoms with Gasteiger partial charge in [-0.15, -0.1) is 0 Å². The minimum atomic E-state index is -0.299. The molecule has 2 aromatic carbocycles. The van der Waals surface area contributed by atoms with Gasteiger partial charge in [0.25, 0.3) is 5.91 Å². The van der Waals surface area contributed by atoms with Crippen molar-refractivity contribution in [1.29, 1.82) is 0 Å². The normalized spacial score (nSPS) is 10.6. The predicted molar refractivity (Wildman–Crippen MR) is 89.3 cm³/mol. The van der Waals surface area contributed by atoms with Gasteiger partial charge in [-0.25, -0.2) is 4.98 Å². The average molecular weight is 407 g/mol. The van der Waals surface area contributed by atoms with Crippen molar-refractivity contribution in [2.45, 2.75) is 0 Å². The molecule has 0 spiro atoms.